The number of aliphatic carboxylic acids is 1. The summed E-state index contributed by atoms with van der Waals surface area (Å²) in [5.41, 5.74) is 0. The molecule has 1 heterocycles. The zero-order valence-corrected chi connectivity index (χ0v) is 9.11. The number of nitrogens with one attached hydrogen (secondary N) is 1. The predicted molar refractivity (Wildman–Crippen MR) is 58.8 cm³/mol. The highest BCUT2D eigenvalue weighted by molar-refractivity contribution is 5.76. The van der Waals surface area contributed by atoms with Gasteiger partial charge < -0.3 is 10.4 Å². The summed E-state index contributed by atoms with van der Waals surface area (Å²) in [5, 5.41) is 11.7. The van der Waals surface area contributed by atoms with Crippen LogP contribution in [0.1, 0.15) is 26.2 Å². The van der Waals surface area contributed by atoms with Gasteiger partial charge in [0.05, 0.1) is 6.20 Å². The van der Waals surface area contributed by atoms with Gasteiger partial charge in [0.2, 0.25) is 0 Å². The van der Waals surface area contributed by atoms with Crippen molar-refractivity contribution in [3.8, 4) is 0 Å². The normalized spacial score (nSPS) is 12.1. The number of carboxylic acids is 1. The maximum Gasteiger partial charge on any atom is 0.326 e. The number of carboxylic acid groups (broad SMARTS) is 1. The highest BCUT2D eigenvalue weighted by Gasteiger charge is 2.16. The van der Waals surface area contributed by atoms with Crippen LogP contribution in [-0.4, -0.2) is 22.1 Å². The number of halogens is 1. The average molecular weight is 226 g/mol. The first-order valence-corrected chi connectivity index (χ1v) is 5.24. The first-order chi connectivity index (χ1) is 7.63. The number of hydrogen-bond donors (Lipinski definition) is 2. The van der Waals surface area contributed by atoms with Gasteiger partial charge in [-0.3, -0.25) is 0 Å². The van der Waals surface area contributed by atoms with Crippen LogP contribution in [0.2, 0.25) is 0 Å². The summed E-state index contributed by atoms with van der Waals surface area (Å²) >= 11 is 0. The minimum absolute atomic E-state index is 0.380. The Balaban J connectivity index is 2.60. The molecule has 0 saturated carbocycles. The summed E-state index contributed by atoms with van der Waals surface area (Å²) < 4.78 is 12.6. The quantitative estimate of drug-likeness (QED) is 0.781. The van der Waals surface area contributed by atoms with Crippen LogP contribution in [0.3, 0.4) is 0 Å². The van der Waals surface area contributed by atoms with Gasteiger partial charge in [-0.15, -0.1) is 0 Å². The van der Waals surface area contributed by atoms with E-state index in [-0.39, 0.29) is 0 Å². The molecule has 0 spiro atoms. The first kappa shape index (κ1) is 12.4. The minimum atomic E-state index is -0.917. The third kappa shape index (κ3) is 3.84. The van der Waals surface area contributed by atoms with Crippen molar-refractivity contribution in [3.05, 3.63) is 24.1 Å². The van der Waals surface area contributed by atoms with Gasteiger partial charge >= 0.3 is 5.97 Å². The van der Waals surface area contributed by atoms with Crippen LogP contribution >= 0.6 is 0 Å². The Labute approximate surface area is 93.5 Å². The second kappa shape index (κ2) is 6.05. The van der Waals surface area contributed by atoms with Crippen LogP contribution in [0.4, 0.5) is 10.2 Å². The number of pyridine rings is 1. The molecule has 1 atom stereocenters. The summed E-state index contributed by atoms with van der Waals surface area (Å²) in [6.07, 6.45) is 3.35. The molecular formula is C11H15FN2O2. The van der Waals surface area contributed by atoms with Crippen LogP contribution in [0.5, 0.6) is 0 Å². The van der Waals surface area contributed by atoms with Crippen LogP contribution < -0.4 is 5.32 Å². The van der Waals surface area contributed by atoms with Crippen LogP contribution in [0.15, 0.2) is 18.3 Å². The molecule has 0 aliphatic carbocycles. The van der Waals surface area contributed by atoms with Crippen molar-refractivity contribution < 1.29 is 14.3 Å². The molecule has 0 aliphatic heterocycles. The number of carbonyl (C=O) groups is 1. The van der Waals surface area contributed by atoms with Crippen molar-refractivity contribution in [2.45, 2.75) is 32.2 Å². The second-order valence-electron chi connectivity index (χ2n) is 3.54. The Hall–Kier alpha value is -1.65. The highest BCUT2D eigenvalue weighted by Crippen LogP contribution is 2.09. The molecule has 0 bridgehead atoms. The van der Waals surface area contributed by atoms with Crippen LogP contribution in [-0.2, 0) is 4.79 Å². The van der Waals surface area contributed by atoms with Gasteiger partial charge in [-0.25, -0.2) is 14.2 Å². The second-order valence-corrected chi connectivity index (χ2v) is 3.54. The van der Waals surface area contributed by atoms with E-state index in [1.807, 2.05) is 6.92 Å². The van der Waals surface area contributed by atoms with Crippen molar-refractivity contribution in [1.29, 1.82) is 0 Å². The number of hydrogen-bond acceptors (Lipinski definition) is 3. The summed E-state index contributed by atoms with van der Waals surface area (Å²) in [5.74, 6) is -0.976. The number of nitrogens with zero attached hydrogens (tertiary/aromatic N) is 1. The van der Waals surface area contributed by atoms with Gasteiger partial charge in [0.25, 0.3) is 0 Å². The van der Waals surface area contributed by atoms with Crippen molar-refractivity contribution in [1.82, 2.24) is 4.98 Å². The first-order valence-electron chi connectivity index (χ1n) is 5.24. The fraction of sp³-hybridized carbons (Fsp3) is 0.455. The van der Waals surface area contributed by atoms with Gasteiger partial charge in [0, 0.05) is 0 Å². The molecule has 0 radical (unpaired) electrons. The molecule has 0 aliphatic rings. The standard InChI is InChI=1S/C11H15FN2O2/c1-2-3-4-9(11(15)16)14-10-6-5-8(12)7-13-10/h5-7,9H,2-4H2,1H3,(H,13,14)(H,15,16)/t9-/m0/s1. The Kier molecular flexibility index (Phi) is 4.69. The molecule has 0 amide bonds. The maximum atomic E-state index is 12.6. The van der Waals surface area contributed by atoms with E-state index in [1.165, 1.54) is 12.1 Å². The molecule has 0 saturated heterocycles. The smallest absolute Gasteiger partial charge is 0.326 e. The number of anilines is 1. The Morgan fingerprint density at radius 3 is 2.88 bits per heavy atom. The van der Waals surface area contributed by atoms with Gasteiger partial charge in [0.1, 0.15) is 17.7 Å². The number of aromatic nitrogens is 1. The number of rotatable bonds is 6. The Bertz CT molecular complexity index is 340. The molecule has 0 unspecified atom stereocenters. The molecule has 16 heavy (non-hydrogen) atoms. The number of unbranched alkanes of at least 4 members (excludes halogenated alkanes) is 1. The Morgan fingerprint density at radius 1 is 1.62 bits per heavy atom. The van der Waals surface area contributed by atoms with E-state index in [9.17, 15) is 9.18 Å². The predicted octanol–water partition coefficient (Wildman–Crippen LogP) is 2.28. The summed E-state index contributed by atoms with van der Waals surface area (Å²) in [6, 6.07) is 2.00. The van der Waals surface area contributed by atoms with E-state index in [4.69, 9.17) is 5.11 Å². The van der Waals surface area contributed by atoms with Crippen molar-refractivity contribution in [2.75, 3.05) is 5.32 Å². The van der Waals surface area contributed by atoms with Gasteiger partial charge in [-0.05, 0) is 18.6 Å². The van der Waals surface area contributed by atoms with Gasteiger partial charge in [-0.1, -0.05) is 19.8 Å². The molecule has 1 aromatic rings. The lowest BCUT2D eigenvalue weighted by Gasteiger charge is -2.14. The zero-order chi connectivity index (χ0) is 12.0. The maximum absolute atomic E-state index is 12.6. The third-order valence-corrected chi connectivity index (χ3v) is 2.19. The lowest BCUT2D eigenvalue weighted by Crippen LogP contribution is -2.29. The van der Waals surface area contributed by atoms with Crippen molar-refractivity contribution in [2.24, 2.45) is 0 Å². The van der Waals surface area contributed by atoms with E-state index < -0.39 is 17.8 Å². The topological polar surface area (TPSA) is 62.2 Å². The van der Waals surface area contributed by atoms with E-state index in [0.29, 0.717) is 12.2 Å². The largest absolute Gasteiger partial charge is 0.480 e. The molecule has 5 heteroatoms. The minimum Gasteiger partial charge on any atom is -0.480 e. The lowest BCUT2D eigenvalue weighted by atomic mass is 10.1. The van der Waals surface area contributed by atoms with E-state index in [0.717, 1.165) is 19.0 Å². The fourth-order valence-corrected chi connectivity index (χ4v) is 1.31. The molecule has 88 valence electrons. The zero-order valence-electron chi connectivity index (χ0n) is 9.11. The van der Waals surface area contributed by atoms with Gasteiger partial charge in [-0.2, -0.15) is 0 Å². The third-order valence-electron chi connectivity index (χ3n) is 2.19. The Morgan fingerprint density at radius 2 is 2.38 bits per heavy atom. The average Bonchev–Trinajstić information content (AvgIpc) is 2.26. The monoisotopic (exact) mass is 226 g/mol. The van der Waals surface area contributed by atoms with E-state index in [1.54, 1.807) is 0 Å². The van der Waals surface area contributed by atoms with Crippen molar-refractivity contribution >= 4 is 11.8 Å². The molecule has 0 fully saturated rings. The van der Waals surface area contributed by atoms with Crippen LogP contribution in [0.25, 0.3) is 0 Å². The molecular weight excluding hydrogens is 211 g/mol. The van der Waals surface area contributed by atoms with E-state index in [2.05, 4.69) is 10.3 Å². The fourth-order valence-electron chi connectivity index (χ4n) is 1.31. The summed E-state index contributed by atoms with van der Waals surface area (Å²) in [7, 11) is 0. The van der Waals surface area contributed by atoms with E-state index >= 15 is 0 Å². The molecule has 0 aromatic carbocycles. The van der Waals surface area contributed by atoms with Gasteiger partial charge in [0.15, 0.2) is 0 Å². The lowest BCUT2D eigenvalue weighted by molar-refractivity contribution is -0.138. The summed E-state index contributed by atoms with van der Waals surface area (Å²) in [6.45, 7) is 2.00. The SMILES string of the molecule is CCCC[C@H](Nc1ccc(F)cn1)C(=O)O. The molecule has 4 nitrogen and oxygen atoms in total. The highest BCUT2D eigenvalue weighted by atomic mass is 19.1. The molecule has 1 aromatic heterocycles. The van der Waals surface area contributed by atoms with Crippen molar-refractivity contribution in [3.63, 3.8) is 0 Å². The molecule has 2 N–H and O–H groups in total. The molecule has 1 rings (SSSR count). The summed E-state index contributed by atoms with van der Waals surface area (Å²) in [4.78, 5) is 14.7. The van der Waals surface area contributed by atoms with Crippen LogP contribution in [0, 0.1) is 5.82 Å².